The normalized spacial score (nSPS) is 23.6. The summed E-state index contributed by atoms with van der Waals surface area (Å²) < 4.78 is 19.8. The minimum Gasteiger partial charge on any atom is -0.508 e. The van der Waals surface area contributed by atoms with Gasteiger partial charge in [-0.15, -0.1) is 0 Å². The molecule has 0 spiro atoms. The molecule has 2 atom stereocenters. The second-order valence-electron chi connectivity index (χ2n) is 10.2. The molecule has 6 rings (SSSR count). The highest BCUT2D eigenvalue weighted by atomic mass is 19.1. The van der Waals surface area contributed by atoms with Gasteiger partial charge in [-0.1, -0.05) is 24.3 Å². The topological polar surface area (TPSA) is 89.1 Å². The van der Waals surface area contributed by atoms with E-state index in [0.717, 1.165) is 30.5 Å². The van der Waals surface area contributed by atoms with Gasteiger partial charge in [0.05, 0.1) is 7.11 Å². The number of urea groups is 1. The summed E-state index contributed by atoms with van der Waals surface area (Å²) in [5.41, 5.74) is 1.63. The Morgan fingerprint density at radius 2 is 2.03 bits per heavy atom. The van der Waals surface area contributed by atoms with Gasteiger partial charge in [0, 0.05) is 55.3 Å². The summed E-state index contributed by atoms with van der Waals surface area (Å²) in [6, 6.07) is 8.70. The highest BCUT2D eigenvalue weighted by Gasteiger charge is 2.60. The third kappa shape index (κ3) is 3.60. The number of H-pyrrole nitrogens is 1. The molecule has 3 amide bonds. The number of nitrogens with one attached hydrogen (secondary N) is 1. The molecule has 4 heterocycles. The molecule has 2 aromatic carbocycles. The number of hydrogen-bond acceptors (Lipinski definition) is 5. The van der Waals surface area contributed by atoms with Crippen molar-refractivity contribution in [3.63, 3.8) is 0 Å². The largest absolute Gasteiger partial charge is 0.508 e. The quantitative estimate of drug-likeness (QED) is 0.406. The first-order valence-corrected chi connectivity index (χ1v) is 12.5. The zero-order valence-corrected chi connectivity index (χ0v) is 20.8. The second-order valence-corrected chi connectivity index (χ2v) is 10.2. The van der Waals surface area contributed by atoms with Crippen molar-refractivity contribution in [2.45, 2.75) is 31.3 Å². The van der Waals surface area contributed by atoms with E-state index in [4.69, 9.17) is 4.74 Å². The van der Waals surface area contributed by atoms with Gasteiger partial charge in [0.2, 0.25) is 0 Å². The number of amides is 3. The molecule has 1 saturated heterocycles. The Kier molecular flexibility index (Phi) is 5.49. The van der Waals surface area contributed by atoms with Gasteiger partial charge in [0.1, 0.15) is 17.3 Å². The summed E-state index contributed by atoms with van der Waals surface area (Å²) >= 11 is 0. The number of phenolic OH excluding ortho intramolecular Hbond substituents is 1. The van der Waals surface area contributed by atoms with E-state index in [2.05, 4.69) is 22.0 Å². The molecule has 0 saturated carbocycles. The van der Waals surface area contributed by atoms with Crippen molar-refractivity contribution >= 4 is 22.8 Å². The third-order valence-electron chi connectivity index (χ3n) is 7.91. The molecular weight excluding hydrogens is 475 g/mol. The average Bonchev–Trinajstić information content (AvgIpc) is 3.32. The van der Waals surface area contributed by atoms with Gasteiger partial charge in [0.25, 0.3) is 5.91 Å². The number of carbonyl (C=O) groups excluding carboxylic acids is 2. The molecular formula is C28H29FN4O4. The highest BCUT2D eigenvalue weighted by Crippen LogP contribution is 2.49. The van der Waals surface area contributed by atoms with Gasteiger partial charge < -0.3 is 14.8 Å². The van der Waals surface area contributed by atoms with E-state index in [1.807, 2.05) is 6.07 Å². The van der Waals surface area contributed by atoms with E-state index in [-0.39, 0.29) is 29.9 Å². The Morgan fingerprint density at radius 3 is 2.76 bits per heavy atom. The van der Waals surface area contributed by atoms with Crippen LogP contribution in [0, 0.1) is 5.82 Å². The van der Waals surface area contributed by atoms with E-state index in [9.17, 15) is 19.1 Å². The molecule has 0 bridgehead atoms. The smallest absolute Gasteiger partial charge is 0.328 e. The van der Waals surface area contributed by atoms with Crippen LogP contribution in [0.15, 0.2) is 48.6 Å². The van der Waals surface area contributed by atoms with Crippen LogP contribution >= 0.6 is 0 Å². The van der Waals surface area contributed by atoms with E-state index in [0.29, 0.717) is 29.9 Å². The van der Waals surface area contributed by atoms with Crippen LogP contribution in [0.1, 0.15) is 36.2 Å². The minimum atomic E-state index is -1.14. The van der Waals surface area contributed by atoms with Crippen LogP contribution < -0.4 is 4.74 Å². The number of imide groups is 1. The van der Waals surface area contributed by atoms with Crippen molar-refractivity contribution in [1.82, 2.24) is 19.7 Å². The third-order valence-corrected chi connectivity index (χ3v) is 7.91. The molecule has 3 aliphatic rings. The predicted molar refractivity (Wildman–Crippen MR) is 136 cm³/mol. The number of ether oxygens (including phenoxy) is 1. The number of benzene rings is 2. The van der Waals surface area contributed by atoms with Gasteiger partial charge in [-0.05, 0) is 42.7 Å². The molecule has 8 nitrogen and oxygen atoms in total. The van der Waals surface area contributed by atoms with Crippen LogP contribution in [0.4, 0.5) is 9.18 Å². The van der Waals surface area contributed by atoms with Crippen molar-refractivity contribution in [1.29, 1.82) is 0 Å². The first kappa shape index (κ1) is 23.5. The van der Waals surface area contributed by atoms with Crippen LogP contribution in [0.25, 0.3) is 10.9 Å². The van der Waals surface area contributed by atoms with Crippen LogP contribution in [0.5, 0.6) is 11.5 Å². The summed E-state index contributed by atoms with van der Waals surface area (Å²) in [6.45, 7) is 4.41. The Hall–Kier alpha value is -3.85. The number of rotatable bonds is 5. The Labute approximate surface area is 213 Å². The van der Waals surface area contributed by atoms with Crippen molar-refractivity contribution < 1.29 is 23.8 Å². The van der Waals surface area contributed by atoms with E-state index >= 15 is 0 Å². The number of aromatic amines is 1. The summed E-state index contributed by atoms with van der Waals surface area (Å²) in [5.74, 6) is -0.575. The molecule has 0 aliphatic carbocycles. The monoisotopic (exact) mass is 504 g/mol. The van der Waals surface area contributed by atoms with Crippen LogP contribution in [-0.2, 0) is 11.2 Å². The van der Waals surface area contributed by atoms with Crippen molar-refractivity contribution in [2.24, 2.45) is 0 Å². The fourth-order valence-corrected chi connectivity index (χ4v) is 6.05. The molecule has 0 radical (unpaired) electrons. The predicted octanol–water partition coefficient (Wildman–Crippen LogP) is 3.95. The number of carbonyl (C=O) groups is 2. The zero-order valence-electron chi connectivity index (χ0n) is 20.8. The Morgan fingerprint density at radius 1 is 1.19 bits per heavy atom. The zero-order chi connectivity index (χ0) is 25.9. The second kappa shape index (κ2) is 8.62. The van der Waals surface area contributed by atoms with E-state index < -0.39 is 17.4 Å². The standard InChI is InChI=1S/C28H29FN4O4/c1-28-16-20-19-14-23(37-2)21(29)15-22(19)30-24(20)25(17-7-6-8-18(34)13-17)33(28)27(36)32(26(28)35)12-11-31-9-4-3-5-10-31/h3-4,6-8,13-15,25,30,34H,5,9-12,16H2,1-2H3/t25-,28+/m1/s1. The number of aromatic hydroxyl groups is 1. The number of halogens is 1. The molecule has 0 unspecified atom stereocenters. The average molecular weight is 505 g/mol. The lowest BCUT2D eigenvalue weighted by Gasteiger charge is -2.42. The SMILES string of the molecule is COc1cc2c3c([nH]c2cc1F)[C@@H](c1cccc(O)c1)N1C(=O)N(CCN2CC=CCC2)C(=O)[C@]1(C)C3. The minimum absolute atomic E-state index is 0.0585. The molecule has 9 heteroatoms. The lowest BCUT2D eigenvalue weighted by Crippen LogP contribution is -2.53. The highest BCUT2D eigenvalue weighted by molar-refractivity contribution is 6.08. The molecule has 3 aliphatic heterocycles. The number of nitrogens with zero attached hydrogens (tertiary/aromatic N) is 3. The fourth-order valence-electron chi connectivity index (χ4n) is 6.05. The van der Waals surface area contributed by atoms with Crippen LogP contribution in [-0.4, -0.2) is 75.6 Å². The summed E-state index contributed by atoms with van der Waals surface area (Å²) in [6.07, 6.45) is 5.48. The van der Waals surface area contributed by atoms with E-state index in [1.54, 1.807) is 36.1 Å². The maximum absolute atomic E-state index is 14.6. The first-order chi connectivity index (χ1) is 17.8. The van der Waals surface area contributed by atoms with Crippen molar-refractivity contribution in [3.05, 3.63) is 71.2 Å². The van der Waals surface area contributed by atoms with Gasteiger partial charge in [-0.3, -0.25) is 19.5 Å². The number of phenols is 1. The number of aromatic nitrogens is 1. The number of fused-ring (bicyclic) bond motifs is 4. The maximum Gasteiger partial charge on any atom is 0.328 e. The molecule has 2 N–H and O–H groups in total. The summed E-state index contributed by atoms with van der Waals surface area (Å²) in [5, 5.41) is 11.0. The summed E-state index contributed by atoms with van der Waals surface area (Å²) in [7, 11) is 1.41. The van der Waals surface area contributed by atoms with Gasteiger partial charge >= 0.3 is 6.03 Å². The maximum atomic E-state index is 14.6. The summed E-state index contributed by atoms with van der Waals surface area (Å²) in [4.78, 5) is 36.4. The number of methoxy groups -OCH3 is 1. The van der Waals surface area contributed by atoms with E-state index in [1.165, 1.54) is 18.1 Å². The van der Waals surface area contributed by atoms with Crippen molar-refractivity contribution in [3.8, 4) is 11.5 Å². The lowest BCUT2D eigenvalue weighted by molar-refractivity contribution is -0.133. The van der Waals surface area contributed by atoms with Gasteiger partial charge in [0.15, 0.2) is 11.6 Å². The van der Waals surface area contributed by atoms with Gasteiger partial charge in [-0.25, -0.2) is 9.18 Å². The first-order valence-electron chi connectivity index (χ1n) is 12.5. The Bertz CT molecular complexity index is 1450. The van der Waals surface area contributed by atoms with Crippen LogP contribution in [0.2, 0.25) is 0 Å². The van der Waals surface area contributed by atoms with Crippen molar-refractivity contribution in [2.75, 3.05) is 33.3 Å². The molecule has 192 valence electrons. The Balaban J connectivity index is 1.47. The number of hydrogen-bond donors (Lipinski definition) is 2. The molecule has 3 aromatic rings. The van der Waals surface area contributed by atoms with Crippen LogP contribution in [0.3, 0.4) is 0 Å². The molecule has 1 aromatic heterocycles. The lowest BCUT2D eigenvalue weighted by atomic mass is 9.81. The molecule has 37 heavy (non-hydrogen) atoms. The fraction of sp³-hybridized carbons (Fsp3) is 0.357. The molecule has 1 fully saturated rings. The van der Waals surface area contributed by atoms with Gasteiger partial charge in [-0.2, -0.15) is 0 Å².